The van der Waals surface area contributed by atoms with Crippen molar-refractivity contribution in [2.75, 3.05) is 0 Å². The first kappa shape index (κ1) is 12.8. The maximum Gasteiger partial charge on any atom is 0.328 e. The van der Waals surface area contributed by atoms with E-state index < -0.39 is 23.6 Å². The van der Waals surface area contributed by atoms with Crippen molar-refractivity contribution < 1.29 is 9.90 Å². The lowest BCUT2D eigenvalue weighted by Crippen LogP contribution is -2.37. The van der Waals surface area contributed by atoms with Gasteiger partial charge in [0.2, 0.25) is 0 Å². The highest BCUT2D eigenvalue weighted by atomic mass is 16.4. The van der Waals surface area contributed by atoms with Crippen LogP contribution in [0, 0.1) is 0 Å². The van der Waals surface area contributed by atoms with Crippen molar-refractivity contribution in [2.24, 2.45) is 0 Å². The molecule has 0 unspecified atom stereocenters. The van der Waals surface area contributed by atoms with Crippen molar-refractivity contribution in [1.29, 1.82) is 0 Å². The third-order valence-electron chi connectivity index (χ3n) is 2.66. The number of hydrogen-bond donors (Lipinski definition) is 2. The highest BCUT2D eigenvalue weighted by molar-refractivity contribution is 5.69. The first-order valence-corrected chi connectivity index (χ1v) is 5.65. The van der Waals surface area contributed by atoms with Crippen LogP contribution in [0.15, 0.2) is 46.1 Å². The monoisotopic (exact) mass is 260 g/mol. The van der Waals surface area contributed by atoms with Crippen LogP contribution >= 0.6 is 0 Å². The Bertz CT molecular complexity index is 701. The molecular formula is C13H12N2O4. The van der Waals surface area contributed by atoms with Gasteiger partial charge in [0.15, 0.2) is 0 Å². The predicted octanol–water partition coefficient (Wildman–Crippen LogP) is 0.212. The summed E-state index contributed by atoms with van der Waals surface area (Å²) < 4.78 is 0.994. The number of carboxylic acid groups (broad SMARTS) is 1. The SMILES string of the molecule is O=C(O)Cc1c[nH]c(=O)n(Cc2ccccc2)c1=O. The van der Waals surface area contributed by atoms with Gasteiger partial charge in [0.25, 0.3) is 5.56 Å². The van der Waals surface area contributed by atoms with E-state index in [4.69, 9.17) is 5.11 Å². The number of H-pyrrole nitrogens is 1. The molecule has 0 spiro atoms. The quantitative estimate of drug-likeness (QED) is 0.822. The Morgan fingerprint density at radius 3 is 2.53 bits per heavy atom. The molecule has 0 saturated carbocycles. The average molecular weight is 260 g/mol. The Labute approximate surface area is 108 Å². The second-order valence-corrected chi connectivity index (χ2v) is 4.07. The van der Waals surface area contributed by atoms with Crippen LogP contribution in [-0.2, 0) is 17.8 Å². The highest BCUT2D eigenvalue weighted by Crippen LogP contribution is 1.99. The van der Waals surface area contributed by atoms with Crippen LogP contribution in [0.4, 0.5) is 0 Å². The third kappa shape index (κ3) is 2.98. The number of aromatic amines is 1. The van der Waals surface area contributed by atoms with E-state index in [0.29, 0.717) is 0 Å². The lowest BCUT2D eigenvalue weighted by atomic mass is 10.2. The molecule has 0 saturated heterocycles. The molecule has 1 aromatic carbocycles. The Morgan fingerprint density at radius 2 is 1.89 bits per heavy atom. The standard InChI is InChI=1S/C13H12N2O4/c16-11(17)6-10-7-14-13(19)15(12(10)18)8-9-4-2-1-3-5-9/h1-5,7H,6,8H2,(H,14,19)(H,16,17). The zero-order valence-corrected chi connectivity index (χ0v) is 10.00. The van der Waals surface area contributed by atoms with Crippen LogP contribution < -0.4 is 11.2 Å². The molecule has 6 heteroatoms. The summed E-state index contributed by atoms with van der Waals surface area (Å²) in [5.41, 5.74) is -0.274. The Hall–Kier alpha value is -2.63. The molecule has 0 aliphatic rings. The fraction of sp³-hybridized carbons (Fsp3) is 0.154. The van der Waals surface area contributed by atoms with Crippen LogP contribution in [0.3, 0.4) is 0 Å². The first-order chi connectivity index (χ1) is 9.08. The molecule has 0 aliphatic carbocycles. The van der Waals surface area contributed by atoms with E-state index in [1.165, 1.54) is 0 Å². The molecule has 19 heavy (non-hydrogen) atoms. The number of aromatic nitrogens is 2. The molecule has 1 aromatic heterocycles. The van der Waals surface area contributed by atoms with Gasteiger partial charge in [-0.3, -0.25) is 14.2 Å². The number of carboxylic acids is 1. The minimum Gasteiger partial charge on any atom is -0.481 e. The summed E-state index contributed by atoms with van der Waals surface area (Å²) in [6.45, 7) is 0.114. The molecule has 0 fully saturated rings. The molecule has 6 nitrogen and oxygen atoms in total. The molecule has 1 heterocycles. The van der Waals surface area contributed by atoms with Crippen molar-refractivity contribution in [3.05, 3.63) is 68.5 Å². The molecule has 2 N–H and O–H groups in total. The fourth-order valence-electron chi connectivity index (χ4n) is 1.75. The largest absolute Gasteiger partial charge is 0.481 e. The van der Waals surface area contributed by atoms with Gasteiger partial charge >= 0.3 is 11.7 Å². The molecule has 0 amide bonds. The minimum atomic E-state index is -1.12. The molecule has 98 valence electrons. The molecule has 2 aromatic rings. The number of carbonyl (C=O) groups is 1. The summed E-state index contributed by atoms with van der Waals surface area (Å²) in [7, 11) is 0. The topological polar surface area (TPSA) is 92.2 Å². The van der Waals surface area contributed by atoms with Crippen molar-refractivity contribution >= 4 is 5.97 Å². The third-order valence-corrected chi connectivity index (χ3v) is 2.66. The van der Waals surface area contributed by atoms with E-state index in [0.717, 1.165) is 16.3 Å². The molecule has 2 rings (SSSR count). The fourth-order valence-corrected chi connectivity index (χ4v) is 1.75. The number of hydrogen-bond acceptors (Lipinski definition) is 3. The van der Waals surface area contributed by atoms with Crippen LogP contribution in [0.25, 0.3) is 0 Å². The van der Waals surface area contributed by atoms with Gasteiger partial charge in [-0.15, -0.1) is 0 Å². The summed E-state index contributed by atoms with van der Waals surface area (Å²) in [5, 5.41) is 8.70. The van der Waals surface area contributed by atoms with Crippen molar-refractivity contribution in [3.8, 4) is 0 Å². The number of nitrogens with zero attached hydrogens (tertiary/aromatic N) is 1. The van der Waals surface area contributed by atoms with E-state index in [1.807, 2.05) is 6.07 Å². The van der Waals surface area contributed by atoms with Gasteiger partial charge in [0.05, 0.1) is 13.0 Å². The van der Waals surface area contributed by atoms with Gasteiger partial charge in [-0.25, -0.2) is 4.79 Å². The van der Waals surface area contributed by atoms with Gasteiger partial charge < -0.3 is 10.1 Å². The van der Waals surface area contributed by atoms with Gasteiger partial charge in [-0.1, -0.05) is 30.3 Å². The second-order valence-electron chi connectivity index (χ2n) is 4.07. The van der Waals surface area contributed by atoms with Gasteiger partial charge in [-0.05, 0) is 5.56 Å². The lowest BCUT2D eigenvalue weighted by Gasteiger charge is -2.06. The molecule has 0 aliphatic heterocycles. The normalized spacial score (nSPS) is 10.3. The number of benzene rings is 1. The van der Waals surface area contributed by atoms with Crippen LogP contribution in [0.1, 0.15) is 11.1 Å². The van der Waals surface area contributed by atoms with Crippen molar-refractivity contribution in [2.45, 2.75) is 13.0 Å². The maximum atomic E-state index is 12.0. The Kier molecular flexibility index (Phi) is 3.61. The minimum absolute atomic E-state index is 0.0584. The van der Waals surface area contributed by atoms with Crippen molar-refractivity contribution in [3.63, 3.8) is 0 Å². The van der Waals surface area contributed by atoms with E-state index in [-0.39, 0.29) is 12.1 Å². The first-order valence-electron chi connectivity index (χ1n) is 5.65. The van der Waals surface area contributed by atoms with Crippen LogP contribution in [0.2, 0.25) is 0 Å². The van der Waals surface area contributed by atoms with Gasteiger partial charge in [0.1, 0.15) is 0 Å². The molecule has 0 radical (unpaired) electrons. The zero-order chi connectivity index (χ0) is 13.8. The summed E-state index contributed by atoms with van der Waals surface area (Å²) in [4.78, 5) is 36.7. The Morgan fingerprint density at radius 1 is 1.21 bits per heavy atom. The van der Waals surface area contributed by atoms with Gasteiger partial charge in [0, 0.05) is 11.8 Å². The highest BCUT2D eigenvalue weighted by Gasteiger charge is 2.10. The number of aliphatic carboxylic acids is 1. The van der Waals surface area contributed by atoms with E-state index >= 15 is 0 Å². The van der Waals surface area contributed by atoms with E-state index in [2.05, 4.69) is 4.98 Å². The van der Waals surface area contributed by atoms with E-state index in [1.54, 1.807) is 24.3 Å². The summed E-state index contributed by atoms with van der Waals surface area (Å²) in [5.74, 6) is -1.12. The number of rotatable bonds is 4. The van der Waals surface area contributed by atoms with E-state index in [9.17, 15) is 14.4 Å². The number of nitrogens with one attached hydrogen (secondary N) is 1. The predicted molar refractivity (Wildman–Crippen MR) is 68.2 cm³/mol. The second kappa shape index (κ2) is 5.34. The maximum absolute atomic E-state index is 12.0. The average Bonchev–Trinajstić information content (AvgIpc) is 2.39. The van der Waals surface area contributed by atoms with Crippen molar-refractivity contribution in [1.82, 2.24) is 9.55 Å². The molecule has 0 atom stereocenters. The molecular weight excluding hydrogens is 248 g/mol. The van der Waals surface area contributed by atoms with Gasteiger partial charge in [-0.2, -0.15) is 0 Å². The molecule has 0 bridgehead atoms. The Balaban J connectivity index is 2.42. The summed E-state index contributed by atoms with van der Waals surface area (Å²) in [6, 6.07) is 9.01. The lowest BCUT2D eigenvalue weighted by molar-refractivity contribution is -0.136. The zero-order valence-electron chi connectivity index (χ0n) is 10.00. The van der Waals surface area contributed by atoms with Crippen LogP contribution in [-0.4, -0.2) is 20.6 Å². The summed E-state index contributed by atoms with van der Waals surface area (Å²) in [6.07, 6.45) is 0.741. The summed E-state index contributed by atoms with van der Waals surface area (Å²) >= 11 is 0. The van der Waals surface area contributed by atoms with Crippen LogP contribution in [0.5, 0.6) is 0 Å². The smallest absolute Gasteiger partial charge is 0.328 e.